The fourth-order valence-electron chi connectivity index (χ4n) is 6.45. The molecule has 2 fully saturated rings. The second-order valence-electron chi connectivity index (χ2n) is 11.4. The van der Waals surface area contributed by atoms with Crippen LogP contribution in [0.2, 0.25) is 0 Å². The van der Waals surface area contributed by atoms with E-state index in [1.54, 1.807) is 0 Å². The first-order valence-electron chi connectivity index (χ1n) is 12.8. The molecule has 5 N–H and O–H groups in total. The van der Waals surface area contributed by atoms with E-state index in [0.29, 0.717) is 12.5 Å². The Hall–Kier alpha value is -3.02. The van der Waals surface area contributed by atoms with Crippen LogP contribution in [0.4, 0.5) is 4.39 Å². The van der Waals surface area contributed by atoms with Crippen molar-refractivity contribution < 1.29 is 38.6 Å². The van der Waals surface area contributed by atoms with Gasteiger partial charge in [0.15, 0.2) is 34.7 Å². The number of aliphatic hydroxyl groups is 1. The molecule has 0 aromatic heterocycles. The largest absolute Gasteiger partial charge is 0.507 e. The average Bonchev–Trinajstić information content (AvgIpc) is 2.81. The van der Waals surface area contributed by atoms with Gasteiger partial charge in [0, 0.05) is 23.6 Å². The number of aromatic hydroxyl groups is 1. The smallest absolute Gasteiger partial charge is 0.235 e. The topological polar surface area (TPSA) is 167 Å². The lowest BCUT2D eigenvalue weighted by Gasteiger charge is -2.52. The molecule has 0 aliphatic heterocycles. The quantitative estimate of drug-likeness (QED) is 0.283. The number of amides is 1. The minimum atomic E-state index is -2.80. The number of nitrogens with one attached hydrogen (secondary N) is 1. The maximum absolute atomic E-state index is 15.6. The summed E-state index contributed by atoms with van der Waals surface area (Å²) in [5.41, 5.74) is 2.30. The van der Waals surface area contributed by atoms with Crippen LogP contribution in [0.1, 0.15) is 48.2 Å². The number of phenolic OH excluding ortho intramolecular Hbond substituents is 1. The number of carbonyl (C=O) groups excluding carboxylic acids is 5. The third-order valence-corrected chi connectivity index (χ3v) is 8.28. The molecule has 2 unspecified atom stereocenters. The third-order valence-electron chi connectivity index (χ3n) is 8.28. The molecule has 0 radical (unpaired) electrons. The molecule has 6 atom stereocenters. The van der Waals surface area contributed by atoms with Gasteiger partial charge in [0.2, 0.25) is 5.91 Å². The van der Waals surface area contributed by atoms with E-state index >= 15 is 4.39 Å². The van der Waals surface area contributed by atoms with Crippen LogP contribution in [0.15, 0.2) is 6.07 Å². The monoisotopic (exact) mass is 531 g/mol. The predicted octanol–water partition coefficient (Wildman–Crippen LogP) is 0.142. The van der Waals surface area contributed by atoms with Gasteiger partial charge in [-0.2, -0.15) is 0 Å². The van der Waals surface area contributed by atoms with Crippen LogP contribution < -0.4 is 11.1 Å². The zero-order valence-corrected chi connectivity index (χ0v) is 21.9. The molecule has 1 aromatic carbocycles. The molecular formula is C27H34FN3O7. The Morgan fingerprint density at radius 3 is 2.47 bits per heavy atom. The van der Waals surface area contributed by atoms with Crippen LogP contribution in [0, 0.1) is 35.4 Å². The lowest BCUT2D eigenvalue weighted by Crippen LogP contribution is -2.74. The molecule has 3 aliphatic rings. The Morgan fingerprint density at radius 1 is 1.24 bits per heavy atom. The lowest BCUT2D eigenvalue weighted by atomic mass is 9.52. The number of Topliss-reactive ketones (excluding diaryl/α,β-unsaturated/α-hetero) is 4. The lowest BCUT2D eigenvalue weighted by molar-refractivity contribution is -0.181. The second-order valence-corrected chi connectivity index (χ2v) is 11.4. The number of benzene rings is 1. The van der Waals surface area contributed by atoms with Gasteiger partial charge in [-0.1, -0.05) is 13.8 Å². The molecule has 11 heteroatoms. The normalized spacial score (nSPS) is 30.9. The van der Waals surface area contributed by atoms with E-state index in [1.807, 2.05) is 0 Å². The molecule has 1 aromatic rings. The van der Waals surface area contributed by atoms with Crippen LogP contribution in [-0.2, 0) is 32.1 Å². The number of phenols is 1. The number of primary amides is 1. The van der Waals surface area contributed by atoms with Gasteiger partial charge in [-0.15, -0.1) is 0 Å². The van der Waals surface area contributed by atoms with Crippen LogP contribution >= 0.6 is 0 Å². The van der Waals surface area contributed by atoms with Crippen molar-refractivity contribution in [3.63, 3.8) is 0 Å². The van der Waals surface area contributed by atoms with Crippen molar-refractivity contribution in [3.8, 4) is 5.75 Å². The summed E-state index contributed by atoms with van der Waals surface area (Å²) in [5, 5.41) is 25.4. The summed E-state index contributed by atoms with van der Waals surface area (Å²) in [4.78, 5) is 67.0. The number of nitrogens with two attached hydrogens (primary N) is 1. The zero-order valence-electron chi connectivity index (χ0n) is 21.9. The summed E-state index contributed by atoms with van der Waals surface area (Å²) < 4.78 is 15.6. The van der Waals surface area contributed by atoms with Gasteiger partial charge in [0.25, 0.3) is 0 Å². The predicted molar refractivity (Wildman–Crippen MR) is 132 cm³/mol. The van der Waals surface area contributed by atoms with Gasteiger partial charge in [-0.25, -0.2) is 4.39 Å². The molecule has 0 heterocycles. The molecule has 2 saturated carbocycles. The van der Waals surface area contributed by atoms with E-state index in [4.69, 9.17) is 5.73 Å². The minimum absolute atomic E-state index is 0.0278. The molecule has 10 nitrogen and oxygen atoms in total. The van der Waals surface area contributed by atoms with Crippen molar-refractivity contribution in [1.29, 1.82) is 0 Å². The van der Waals surface area contributed by atoms with Crippen LogP contribution in [-0.4, -0.2) is 76.4 Å². The summed E-state index contributed by atoms with van der Waals surface area (Å²) in [6, 6.07) is -0.0544. The Morgan fingerprint density at radius 2 is 1.89 bits per heavy atom. The van der Waals surface area contributed by atoms with Crippen LogP contribution in [0.5, 0.6) is 5.75 Å². The molecule has 206 valence electrons. The Balaban J connectivity index is 1.75. The van der Waals surface area contributed by atoms with Crippen molar-refractivity contribution in [2.75, 3.05) is 20.6 Å². The number of halogens is 1. The molecule has 1 amide bonds. The van der Waals surface area contributed by atoms with E-state index in [2.05, 4.69) is 19.2 Å². The highest BCUT2D eigenvalue weighted by Gasteiger charge is 2.69. The molecule has 0 bridgehead atoms. The first kappa shape index (κ1) is 28.0. The maximum Gasteiger partial charge on any atom is 0.235 e. The van der Waals surface area contributed by atoms with Gasteiger partial charge in [-0.05, 0) is 57.8 Å². The molecule has 38 heavy (non-hydrogen) atoms. The van der Waals surface area contributed by atoms with Gasteiger partial charge < -0.3 is 21.3 Å². The minimum Gasteiger partial charge on any atom is -0.507 e. The number of fused-ring (bicyclic) bond motifs is 3. The highest BCUT2D eigenvalue weighted by molar-refractivity contribution is 6.32. The van der Waals surface area contributed by atoms with Gasteiger partial charge >= 0.3 is 0 Å². The number of ketones is 4. The first-order chi connectivity index (χ1) is 17.7. The van der Waals surface area contributed by atoms with E-state index in [9.17, 15) is 34.2 Å². The van der Waals surface area contributed by atoms with E-state index in [-0.39, 0.29) is 36.1 Å². The fourth-order valence-corrected chi connectivity index (χ4v) is 6.45. The SMILES string of the molecule is CC(C)CCNCc1cc(O)c2c(c1F)C[C@H]1C[C@H]3[C@H](N(C)C)C(=O)C(C(N)=O)C(=O)[C@@]3(O)C(=O)C1C2=O. The van der Waals surface area contributed by atoms with Crippen molar-refractivity contribution in [2.24, 2.45) is 35.3 Å². The maximum atomic E-state index is 15.6. The second kappa shape index (κ2) is 9.94. The van der Waals surface area contributed by atoms with E-state index < -0.39 is 75.9 Å². The van der Waals surface area contributed by atoms with Crippen molar-refractivity contribution in [2.45, 2.75) is 51.3 Å². The Labute approximate surface area is 219 Å². The standard InChI is InChI=1S/C27H34FN3O7/c1-11(2)5-6-30-10-13-9-16(32)18-14(20(13)28)7-12-8-15-21(31(3)4)23(34)19(26(29)37)25(36)27(15,38)24(35)17(12)22(18)33/h9,11-12,15,17,19,21,30,32,38H,5-8,10H2,1-4H3,(H2,29,37)/t12-,15-,17?,19?,21-,27-/m0/s1. The number of rotatable bonds is 7. The van der Waals surface area contributed by atoms with E-state index in [0.717, 1.165) is 12.5 Å². The van der Waals surface area contributed by atoms with E-state index in [1.165, 1.54) is 19.0 Å². The number of likely N-dealkylation sites (N-methyl/N-ethyl adjacent to an activating group) is 1. The summed E-state index contributed by atoms with van der Waals surface area (Å²) >= 11 is 0. The average molecular weight is 532 g/mol. The number of hydrogen-bond acceptors (Lipinski definition) is 9. The number of carbonyl (C=O) groups is 5. The van der Waals surface area contributed by atoms with Gasteiger partial charge in [0.1, 0.15) is 11.6 Å². The van der Waals surface area contributed by atoms with Gasteiger partial charge in [-0.3, -0.25) is 28.9 Å². The summed E-state index contributed by atoms with van der Waals surface area (Å²) in [5.74, 6) is -11.9. The Bertz CT molecular complexity index is 1230. The molecule has 0 spiro atoms. The van der Waals surface area contributed by atoms with Crippen LogP contribution in [0.3, 0.4) is 0 Å². The number of nitrogens with zero attached hydrogens (tertiary/aromatic N) is 1. The summed E-state index contributed by atoms with van der Waals surface area (Å²) in [7, 11) is 3.01. The van der Waals surface area contributed by atoms with Crippen molar-refractivity contribution in [1.82, 2.24) is 10.2 Å². The van der Waals surface area contributed by atoms with Crippen molar-refractivity contribution in [3.05, 3.63) is 28.6 Å². The third kappa shape index (κ3) is 4.17. The van der Waals surface area contributed by atoms with Crippen LogP contribution in [0.25, 0.3) is 0 Å². The molecular weight excluding hydrogens is 497 g/mol. The zero-order chi connectivity index (χ0) is 28.3. The number of hydrogen-bond donors (Lipinski definition) is 4. The highest BCUT2D eigenvalue weighted by Crippen LogP contribution is 2.51. The molecule has 4 rings (SSSR count). The fraction of sp³-hybridized carbons (Fsp3) is 0.593. The highest BCUT2D eigenvalue weighted by atomic mass is 19.1. The first-order valence-corrected chi connectivity index (χ1v) is 12.8. The summed E-state index contributed by atoms with van der Waals surface area (Å²) in [6.07, 6.45) is 0.639. The Kier molecular flexibility index (Phi) is 7.32. The van der Waals surface area contributed by atoms with Crippen molar-refractivity contribution >= 4 is 29.0 Å². The molecule has 0 saturated heterocycles. The molecule has 3 aliphatic carbocycles. The summed E-state index contributed by atoms with van der Waals surface area (Å²) in [6.45, 7) is 4.88. The van der Waals surface area contributed by atoms with Gasteiger partial charge in [0.05, 0.1) is 17.5 Å².